The summed E-state index contributed by atoms with van der Waals surface area (Å²) in [7, 11) is 0. The van der Waals surface area contributed by atoms with Gasteiger partial charge in [0.1, 0.15) is 0 Å². The molecule has 0 aromatic heterocycles. The monoisotopic (exact) mass is 282 g/mol. The third-order valence-corrected chi connectivity index (χ3v) is 3.11. The Balaban J connectivity index is 2.04. The molecule has 2 aromatic carbocycles. The van der Waals surface area contributed by atoms with E-state index in [4.69, 9.17) is 0 Å². The normalized spacial score (nSPS) is 10.0. The molecule has 2 N–H and O–H groups in total. The zero-order valence-corrected chi connectivity index (χ0v) is 12.4. The molecule has 4 heteroatoms. The largest absolute Gasteiger partial charge is 0.318 e. The minimum absolute atomic E-state index is 0.607. The van der Waals surface area contributed by atoms with Gasteiger partial charge in [0.15, 0.2) is 0 Å². The summed E-state index contributed by atoms with van der Waals surface area (Å²) in [5.74, 6) is -1.36. The second-order valence-corrected chi connectivity index (χ2v) is 5.10. The third-order valence-electron chi connectivity index (χ3n) is 3.11. The first-order valence-electron chi connectivity index (χ1n) is 6.72. The average Bonchev–Trinajstić information content (AvgIpc) is 2.41. The van der Waals surface area contributed by atoms with Gasteiger partial charge in [0, 0.05) is 11.4 Å². The van der Waals surface area contributed by atoms with Crippen molar-refractivity contribution in [3.63, 3.8) is 0 Å². The van der Waals surface area contributed by atoms with Crippen LogP contribution in [0.15, 0.2) is 42.5 Å². The van der Waals surface area contributed by atoms with Crippen LogP contribution < -0.4 is 10.6 Å². The number of anilines is 2. The van der Waals surface area contributed by atoms with Crippen molar-refractivity contribution in [1.29, 1.82) is 0 Å². The summed E-state index contributed by atoms with van der Waals surface area (Å²) in [6.07, 6.45) is 0. The Morgan fingerprint density at radius 2 is 1.48 bits per heavy atom. The van der Waals surface area contributed by atoms with Crippen molar-refractivity contribution in [1.82, 2.24) is 0 Å². The SMILES string of the molecule is Cc1cccc(NC(=O)C(=O)Nc2ccc(C)cc2C)c1. The van der Waals surface area contributed by atoms with Crippen molar-refractivity contribution in [3.8, 4) is 0 Å². The van der Waals surface area contributed by atoms with E-state index in [1.807, 2.05) is 51.1 Å². The molecule has 0 fully saturated rings. The first kappa shape index (κ1) is 14.8. The number of hydrogen-bond donors (Lipinski definition) is 2. The third kappa shape index (κ3) is 3.92. The Labute approximate surface area is 124 Å². The zero-order valence-electron chi connectivity index (χ0n) is 12.4. The van der Waals surface area contributed by atoms with Crippen molar-refractivity contribution < 1.29 is 9.59 Å². The number of rotatable bonds is 2. The van der Waals surface area contributed by atoms with Crippen LogP contribution in [0.2, 0.25) is 0 Å². The quantitative estimate of drug-likeness (QED) is 0.831. The zero-order chi connectivity index (χ0) is 15.4. The van der Waals surface area contributed by atoms with Gasteiger partial charge in [0.25, 0.3) is 0 Å². The summed E-state index contributed by atoms with van der Waals surface area (Å²) in [4.78, 5) is 23.8. The molecular formula is C17H18N2O2. The van der Waals surface area contributed by atoms with E-state index in [9.17, 15) is 9.59 Å². The van der Waals surface area contributed by atoms with Crippen LogP contribution in [0.5, 0.6) is 0 Å². The molecule has 0 heterocycles. The molecule has 0 aliphatic rings. The van der Waals surface area contributed by atoms with Crippen molar-refractivity contribution in [2.45, 2.75) is 20.8 Å². The maximum atomic E-state index is 11.9. The van der Waals surface area contributed by atoms with Gasteiger partial charge in [-0.2, -0.15) is 0 Å². The summed E-state index contributed by atoms with van der Waals surface area (Å²) < 4.78 is 0. The number of carbonyl (C=O) groups is 2. The molecule has 2 aromatic rings. The fourth-order valence-electron chi connectivity index (χ4n) is 2.04. The Hall–Kier alpha value is -2.62. The number of hydrogen-bond acceptors (Lipinski definition) is 2. The van der Waals surface area contributed by atoms with E-state index in [-0.39, 0.29) is 0 Å². The highest BCUT2D eigenvalue weighted by Crippen LogP contribution is 2.16. The molecule has 2 amide bonds. The van der Waals surface area contributed by atoms with E-state index in [1.54, 1.807) is 12.1 Å². The van der Waals surface area contributed by atoms with Crippen LogP contribution in [0.25, 0.3) is 0 Å². The van der Waals surface area contributed by atoms with Crippen LogP contribution in [0, 0.1) is 20.8 Å². The second kappa shape index (κ2) is 6.22. The van der Waals surface area contributed by atoms with E-state index in [1.165, 1.54) is 0 Å². The minimum Gasteiger partial charge on any atom is -0.318 e. The number of aryl methyl sites for hydroxylation is 3. The molecule has 0 atom stereocenters. The highest BCUT2D eigenvalue weighted by Gasteiger charge is 2.14. The summed E-state index contributed by atoms with van der Waals surface area (Å²) in [5.41, 5.74) is 4.30. The fourth-order valence-corrected chi connectivity index (χ4v) is 2.04. The van der Waals surface area contributed by atoms with E-state index in [2.05, 4.69) is 10.6 Å². The van der Waals surface area contributed by atoms with Gasteiger partial charge in [0.05, 0.1) is 0 Å². The minimum atomic E-state index is -0.680. The van der Waals surface area contributed by atoms with Crippen molar-refractivity contribution in [2.75, 3.05) is 10.6 Å². The lowest BCUT2D eigenvalue weighted by Crippen LogP contribution is -2.29. The van der Waals surface area contributed by atoms with Gasteiger partial charge in [-0.25, -0.2) is 0 Å². The molecule has 108 valence electrons. The lowest BCUT2D eigenvalue weighted by molar-refractivity contribution is -0.133. The first-order chi connectivity index (χ1) is 9.95. The van der Waals surface area contributed by atoms with Crippen molar-refractivity contribution in [3.05, 3.63) is 59.2 Å². The summed E-state index contributed by atoms with van der Waals surface area (Å²) in [6.45, 7) is 5.79. The van der Waals surface area contributed by atoms with Crippen LogP contribution >= 0.6 is 0 Å². The Morgan fingerprint density at radius 3 is 2.14 bits per heavy atom. The maximum absolute atomic E-state index is 11.9. The fraction of sp³-hybridized carbons (Fsp3) is 0.176. The highest BCUT2D eigenvalue weighted by atomic mass is 16.2. The predicted octanol–water partition coefficient (Wildman–Crippen LogP) is 3.19. The average molecular weight is 282 g/mol. The smallest absolute Gasteiger partial charge is 0.314 e. The van der Waals surface area contributed by atoms with Crippen LogP contribution in [0.1, 0.15) is 16.7 Å². The number of amides is 2. The van der Waals surface area contributed by atoms with Gasteiger partial charge in [-0.05, 0) is 50.1 Å². The Kier molecular flexibility index (Phi) is 4.38. The van der Waals surface area contributed by atoms with Crippen molar-refractivity contribution in [2.24, 2.45) is 0 Å². The summed E-state index contributed by atoms with van der Waals surface area (Å²) >= 11 is 0. The topological polar surface area (TPSA) is 58.2 Å². The molecule has 0 radical (unpaired) electrons. The maximum Gasteiger partial charge on any atom is 0.314 e. The summed E-state index contributed by atoms with van der Waals surface area (Å²) in [5, 5.41) is 5.20. The molecule has 0 saturated heterocycles. The van der Waals surface area contributed by atoms with Crippen LogP contribution in [0.3, 0.4) is 0 Å². The van der Waals surface area contributed by atoms with E-state index in [0.29, 0.717) is 11.4 Å². The molecule has 0 bridgehead atoms. The van der Waals surface area contributed by atoms with Crippen molar-refractivity contribution >= 4 is 23.2 Å². The lowest BCUT2D eigenvalue weighted by atomic mass is 10.1. The molecule has 2 rings (SSSR count). The van der Waals surface area contributed by atoms with Gasteiger partial charge in [0.2, 0.25) is 0 Å². The molecule has 0 aliphatic heterocycles. The Bertz CT molecular complexity index is 693. The van der Waals surface area contributed by atoms with Crippen LogP contribution in [0.4, 0.5) is 11.4 Å². The van der Waals surface area contributed by atoms with E-state index in [0.717, 1.165) is 16.7 Å². The van der Waals surface area contributed by atoms with Crippen LogP contribution in [-0.4, -0.2) is 11.8 Å². The lowest BCUT2D eigenvalue weighted by Gasteiger charge is -2.09. The standard InChI is InChI=1S/C17H18N2O2/c1-11-5-4-6-14(10-11)18-16(20)17(21)19-15-8-7-12(2)9-13(15)3/h4-10H,1-3H3,(H,18,20)(H,19,21). The number of carbonyl (C=O) groups excluding carboxylic acids is 2. The number of benzene rings is 2. The van der Waals surface area contributed by atoms with E-state index >= 15 is 0 Å². The van der Waals surface area contributed by atoms with Crippen LogP contribution in [-0.2, 0) is 9.59 Å². The molecule has 0 unspecified atom stereocenters. The second-order valence-electron chi connectivity index (χ2n) is 5.10. The molecule has 21 heavy (non-hydrogen) atoms. The van der Waals surface area contributed by atoms with Gasteiger partial charge in [-0.1, -0.05) is 29.8 Å². The predicted molar refractivity (Wildman–Crippen MR) is 84.4 cm³/mol. The number of nitrogens with one attached hydrogen (secondary N) is 2. The Morgan fingerprint density at radius 1 is 0.810 bits per heavy atom. The molecular weight excluding hydrogens is 264 g/mol. The molecule has 0 saturated carbocycles. The molecule has 0 aliphatic carbocycles. The van der Waals surface area contributed by atoms with Gasteiger partial charge < -0.3 is 10.6 Å². The van der Waals surface area contributed by atoms with Gasteiger partial charge in [-0.3, -0.25) is 9.59 Å². The first-order valence-corrected chi connectivity index (χ1v) is 6.72. The summed E-state index contributed by atoms with van der Waals surface area (Å²) in [6, 6.07) is 12.9. The molecule has 4 nitrogen and oxygen atoms in total. The van der Waals surface area contributed by atoms with Gasteiger partial charge in [-0.15, -0.1) is 0 Å². The van der Waals surface area contributed by atoms with E-state index < -0.39 is 11.8 Å². The highest BCUT2D eigenvalue weighted by molar-refractivity contribution is 6.43. The van der Waals surface area contributed by atoms with Gasteiger partial charge >= 0.3 is 11.8 Å². The molecule has 0 spiro atoms.